The molecule has 150 valence electrons. The highest BCUT2D eigenvalue weighted by molar-refractivity contribution is 7.14. The van der Waals surface area contributed by atoms with Crippen LogP contribution in [-0.2, 0) is 16.1 Å². The van der Waals surface area contributed by atoms with Crippen LogP contribution in [0.4, 0.5) is 0 Å². The minimum Gasteiger partial charge on any atom is -0.494 e. The van der Waals surface area contributed by atoms with Crippen molar-refractivity contribution in [3.63, 3.8) is 0 Å². The normalized spacial score (nSPS) is 11.2. The maximum atomic E-state index is 12.1. The van der Waals surface area contributed by atoms with Crippen LogP contribution in [0.15, 0.2) is 36.4 Å². The van der Waals surface area contributed by atoms with E-state index in [1.807, 2.05) is 6.92 Å². The van der Waals surface area contributed by atoms with E-state index < -0.39 is 17.9 Å². The zero-order valence-corrected chi connectivity index (χ0v) is 16.7. The molecule has 2 rings (SSSR count). The molecule has 1 aromatic carbocycles. The number of carbonyl (C=O) groups is 3. The highest BCUT2D eigenvalue weighted by Gasteiger charge is 2.17. The predicted molar refractivity (Wildman–Crippen MR) is 105 cm³/mol. The summed E-state index contributed by atoms with van der Waals surface area (Å²) in [7, 11) is 0. The van der Waals surface area contributed by atoms with Gasteiger partial charge in [0.1, 0.15) is 11.5 Å². The van der Waals surface area contributed by atoms with E-state index in [1.165, 1.54) is 18.3 Å². The fourth-order valence-electron chi connectivity index (χ4n) is 2.13. The van der Waals surface area contributed by atoms with Gasteiger partial charge in [0.15, 0.2) is 6.10 Å². The highest BCUT2D eigenvalue weighted by atomic mass is 32.1. The third-order valence-corrected chi connectivity index (χ3v) is 4.60. The molecule has 0 aliphatic rings. The Hall–Kier alpha value is -3.07. The molecule has 28 heavy (non-hydrogen) atoms. The summed E-state index contributed by atoms with van der Waals surface area (Å²) in [6.07, 6.45) is -0.808. The van der Waals surface area contributed by atoms with Gasteiger partial charge in [0, 0.05) is 11.8 Å². The molecule has 0 aliphatic heterocycles. The second-order valence-electron chi connectivity index (χ2n) is 5.78. The van der Waals surface area contributed by atoms with Gasteiger partial charge in [0.25, 0.3) is 11.8 Å². The summed E-state index contributed by atoms with van der Waals surface area (Å²) in [5.74, 6) is 0.150. The molecule has 0 aliphatic carbocycles. The third-order valence-electron chi connectivity index (χ3n) is 3.51. The van der Waals surface area contributed by atoms with E-state index in [-0.39, 0.29) is 5.91 Å². The van der Waals surface area contributed by atoms with Crippen LogP contribution in [0.5, 0.6) is 11.5 Å². The van der Waals surface area contributed by atoms with Gasteiger partial charge >= 0.3 is 0 Å². The van der Waals surface area contributed by atoms with E-state index in [2.05, 4.69) is 16.2 Å². The molecule has 0 saturated heterocycles. The monoisotopic (exact) mass is 405 g/mol. The second kappa shape index (κ2) is 10.3. The molecule has 8 nitrogen and oxygen atoms in total. The molecule has 1 heterocycles. The molecule has 0 fully saturated rings. The summed E-state index contributed by atoms with van der Waals surface area (Å²) in [6.45, 7) is 5.82. The first-order chi connectivity index (χ1) is 13.4. The minimum absolute atomic E-state index is 0.145. The zero-order chi connectivity index (χ0) is 20.5. The second-order valence-corrected chi connectivity index (χ2v) is 6.95. The number of hydrazine groups is 1. The molecule has 0 radical (unpaired) electrons. The fraction of sp³-hybridized carbons (Fsp3) is 0.316. The summed E-state index contributed by atoms with van der Waals surface area (Å²) in [6, 6.07) is 10.3. The fourth-order valence-corrected chi connectivity index (χ4v) is 2.97. The van der Waals surface area contributed by atoms with Gasteiger partial charge in [-0.2, -0.15) is 0 Å². The molecule has 0 spiro atoms. The Bertz CT molecular complexity index is 819. The number of hydrogen-bond donors (Lipinski definition) is 3. The lowest BCUT2D eigenvalue weighted by molar-refractivity contribution is -0.128. The van der Waals surface area contributed by atoms with E-state index in [4.69, 9.17) is 9.47 Å². The Labute approximate surface area is 167 Å². The van der Waals surface area contributed by atoms with E-state index in [1.54, 1.807) is 43.3 Å². The minimum atomic E-state index is -0.808. The number of thiophene rings is 1. The van der Waals surface area contributed by atoms with E-state index in [0.717, 1.165) is 4.88 Å². The number of hydrogen-bond acceptors (Lipinski definition) is 6. The quantitative estimate of drug-likeness (QED) is 0.583. The van der Waals surface area contributed by atoms with Crippen LogP contribution in [-0.4, -0.2) is 30.4 Å². The average molecular weight is 405 g/mol. The molecule has 3 amide bonds. The Kier molecular flexibility index (Phi) is 7.82. The molecule has 0 bridgehead atoms. The van der Waals surface area contributed by atoms with Crippen molar-refractivity contribution in [2.75, 3.05) is 6.61 Å². The summed E-state index contributed by atoms with van der Waals surface area (Å²) in [5.41, 5.74) is 4.69. The molecule has 3 N–H and O–H groups in total. The maximum absolute atomic E-state index is 12.1. The van der Waals surface area contributed by atoms with Gasteiger partial charge in [-0.1, -0.05) is 0 Å². The van der Waals surface area contributed by atoms with Crippen molar-refractivity contribution >= 4 is 29.1 Å². The molecule has 9 heteroatoms. The number of rotatable bonds is 8. The van der Waals surface area contributed by atoms with Crippen LogP contribution < -0.4 is 25.6 Å². The summed E-state index contributed by atoms with van der Waals surface area (Å²) < 4.78 is 10.9. The molecular formula is C19H23N3O5S. The zero-order valence-electron chi connectivity index (χ0n) is 15.9. The SMILES string of the molecule is CCOc1ccc(OC(C)C(=O)NNC(=O)c2ccc(CNC(C)=O)s2)cc1. The lowest BCUT2D eigenvalue weighted by Crippen LogP contribution is -2.47. The lowest BCUT2D eigenvalue weighted by atomic mass is 10.3. The number of nitrogens with one attached hydrogen (secondary N) is 3. The number of amides is 3. The van der Waals surface area contributed by atoms with Gasteiger partial charge in [-0.15, -0.1) is 11.3 Å². The van der Waals surface area contributed by atoms with Gasteiger partial charge in [-0.25, -0.2) is 0 Å². The average Bonchev–Trinajstić information content (AvgIpc) is 3.15. The highest BCUT2D eigenvalue weighted by Crippen LogP contribution is 2.19. The molecule has 0 saturated carbocycles. The number of carbonyl (C=O) groups excluding carboxylic acids is 3. The van der Waals surface area contributed by atoms with E-state index >= 15 is 0 Å². The summed E-state index contributed by atoms with van der Waals surface area (Å²) in [5, 5.41) is 2.66. The maximum Gasteiger partial charge on any atom is 0.279 e. The van der Waals surface area contributed by atoms with Crippen molar-refractivity contribution in [1.82, 2.24) is 16.2 Å². The first kappa shape index (κ1) is 21.2. The topological polar surface area (TPSA) is 106 Å². The van der Waals surface area contributed by atoms with Crippen LogP contribution in [0, 0.1) is 0 Å². The molecule has 1 aromatic heterocycles. The lowest BCUT2D eigenvalue weighted by Gasteiger charge is -2.15. The van der Waals surface area contributed by atoms with Crippen molar-refractivity contribution < 1.29 is 23.9 Å². The molecular weight excluding hydrogens is 382 g/mol. The van der Waals surface area contributed by atoms with Crippen LogP contribution in [0.25, 0.3) is 0 Å². The van der Waals surface area contributed by atoms with Gasteiger partial charge in [-0.05, 0) is 50.2 Å². The largest absolute Gasteiger partial charge is 0.494 e. The first-order valence-electron chi connectivity index (χ1n) is 8.72. The third kappa shape index (κ3) is 6.58. The Morgan fingerprint density at radius 1 is 1.04 bits per heavy atom. The van der Waals surface area contributed by atoms with E-state index in [9.17, 15) is 14.4 Å². The number of ether oxygens (including phenoxy) is 2. The summed E-state index contributed by atoms with van der Waals surface area (Å²) >= 11 is 1.23. The van der Waals surface area contributed by atoms with Gasteiger partial charge in [-0.3, -0.25) is 25.2 Å². The molecule has 2 aromatic rings. The van der Waals surface area contributed by atoms with Gasteiger partial charge in [0.2, 0.25) is 5.91 Å². The summed E-state index contributed by atoms with van der Waals surface area (Å²) in [4.78, 5) is 36.4. The van der Waals surface area contributed by atoms with Crippen LogP contribution in [0.3, 0.4) is 0 Å². The van der Waals surface area contributed by atoms with Crippen LogP contribution in [0.1, 0.15) is 35.3 Å². The Morgan fingerprint density at radius 2 is 1.71 bits per heavy atom. The van der Waals surface area contributed by atoms with Gasteiger partial charge in [0.05, 0.1) is 18.0 Å². The van der Waals surface area contributed by atoms with Crippen molar-refractivity contribution in [2.24, 2.45) is 0 Å². The smallest absolute Gasteiger partial charge is 0.279 e. The Balaban J connectivity index is 1.80. The van der Waals surface area contributed by atoms with Crippen LogP contribution in [0.2, 0.25) is 0 Å². The van der Waals surface area contributed by atoms with Crippen molar-refractivity contribution in [1.29, 1.82) is 0 Å². The molecule has 1 unspecified atom stereocenters. The van der Waals surface area contributed by atoms with Crippen molar-refractivity contribution in [3.8, 4) is 11.5 Å². The standard InChI is InChI=1S/C19H23N3O5S/c1-4-26-14-5-7-15(8-6-14)27-12(2)18(24)21-22-19(25)17-10-9-16(28-17)11-20-13(3)23/h5-10,12H,4,11H2,1-3H3,(H,20,23)(H,21,24)(H,22,25). The first-order valence-corrected chi connectivity index (χ1v) is 9.53. The van der Waals surface area contributed by atoms with E-state index in [0.29, 0.717) is 29.5 Å². The van der Waals surface area contributed by atoms with Crippen molar-refractivity contribution in [3.05, 3.63) is 46.2 Å². The predicted octanol–water partition coefficient (Wildman–Crippen LogP) is 2.01. The van der Waals surface area contributed by atoms with Crippen LogP contribution >= 0.6 is 11.3 Å². The Morgan fingerprint density at radius 3 is 2.36 bits per heavy atom. The van der Waals surface area contributed by atoms with Gasteiger partial charge < -0.3 is 14.8 Å². The number of benzene rings is 1. The molecule has 1 atom stereocenters. The van der Waals surface area contributed by atoms with Crippen molar-refractivity contribution in [2.45, 2.75) is 33.4 Å².